The Labute approximate surface area is 484 Å². The summed E-state index contributed by atoms with van der Waals surface area (Å²) in [5.41, 5.74) is 20.4. The van der Waals surface area contributed by atoms with Gasteiger partial charge in [0.2, 0.25) is 17.7 Å². The maximum absolute atomic E-state index is 6.18. The van der Waals surface area contributed by atoms with Crippen LogP contribution in [0.3, 0.4) is 0 Å². The summed E-state index contributed by atoms with van der Waals surface area (Å²) in [5.74, 6) is 1.80. The van der Waals surface area contributed by atoms with Gasteiger partial charge in [-0.25, -0.2) is 15.0 Å². The molecule has 0 spiro atoms. The van der Waals surface area contributed by atoms with Gasteiger partial charge in [-0.15, -0.1) is 0 Å². The fourth-order valence-electron chi connectivity index (χ4n) is 12.8. The standard InChI is InChI=1S/C75H45N7O3/c1-7-19-64-55(13-1)58-43-52(37-40-67(58)80(64)49-31-25-46(26-32-49)73-76-61-16-4-10-22-70(61)83-73)79(53-38-41-68-59(44-53)56-14-2-8-20-65(56)81(68)50-33-27-47(28-34-50)74-77-62-17-5-11-23-71(62)84-74)54-39-42-69-60(45-54)57-15-3-9-21-66(57)82(69)51-35-29-48(30-36-51)75-78-63-18-6-12-24-72(63)85-75/h1-45H. The largest absolute Gasteiger partial charge is 0.436 e. The molecule has 18 aromatic rings. The van der Waals surface area contributed by atoms with E-state index < -0.39 is 0 Å². The molecule has 10 nitrogen and oxygen atoms in total. The van der Waals surface area contributed by atoms with Crippen molar-refractivity contribution >= 4 is 116 Å². The Hall–Kier alpha value is -11.8. The number of benzene rings is 12. The number of oxazole rings is 3. The summed E-state index contributed by atoms with van der Waals surface area (Å²) in [7, 11) is 0. The summed E-state index contributed by atoms with van der Waals surface area (Å²) >= 11 is 0. The van der Waals surface area contributed by atoms with Gasteiger partial charge in [-0.2, -0.15) is 0 Å². The maximum Gasteiger partial charge on any atom is 0.227 e. The van der Waals surface area contributed by atoms with Crippen molar-refractivity contribution in [1.29, 1.82) is 0 Å². The summed E-state index contributed by atoms with van der Waals surface area (Å²) < 4.78 is 25.6. The van der Waals surface area contributed by atoms with Crippen LogP contribution in [0.1, 0.15) is 0 Å². The van der Waals surface area contributed by atoms with Gasteiger partial charge in [0.15, 0.2) is 16.7 Å². The van der Waals surface area contributed by atoms with E-state index in [1.165, 1.54) is 0 Å². The minimum absolute atomic E-state index is 0.600. The van der Waals surface area contributed by atoms with Crippen LogP contribution in [0.25, 0.3) is 150 Å². The number of rotatable bonds is 9. The Kier molecular flexibility index (Phi) is 10.2. The molecule has 0 unspecified atom stereocenters. The highest BCUT2D eigenvalue weighted by Crippen LogP contribution is 2.45. The molecule has 0 saturated heterocycles. The molecule has 398 valence electrons. The van der Waals surface area contributed by atoms with Crippen LogP contribution in [0.2, 0.25) is 0 Å². The van der Waals surface area contributed by atoms with Crippen LogP contribution >= 0.6 is 0 Å². The zero-order valence-electron chi connectivity index (χ0n) is 45.3. The number of anilines is 3. The second kappa shape index (κ2) is 18.4. The highest BCUT2D eigenvalue weighted by molar-refractivity contribution is 6.14. The van der Waals surface area contributed by atoms with Gasteiger partial charge in [0.05, 0.1) is 33.1 Å². The van der Waals surface area contributed by atoms with Crippen molar-refractivity contribution in [2.45, 2.75) is 0 Å². The van der Waals surface area contributed by atoms with Gasteiger partial charge in [0, 0.05) is 83.1 Å². The molecule has 0 aliphatic heterocycles. The van der Waals surface area contributed by atoms with Crippen LogP contribution in [0.4, 0.5) is 17.1 Å². The first-order chi connectivity index (χ1) is 42.1. The van der Waals surface area contributed by atoms with E-state index in [0.29, 0.717) is 17.7 Å². The van der Waals surface area contributed by atoms with Gasteiger partial charge in [0.1, 0.15) is 16.6 Å². The number of aromatic nitrogens is 6. The Morgan fingerprint density at radius 2 is 0.518 bits per heavy atom. The lowest BCUT2D eigenvalue weighted by molar-refractivity contribution is 0.619. The van der Waals surface area contributed by atoms with E-state index in [1.807, 2.05) is 72.8 Å². The first-order valence-corrected chi connectivity index (χ1v) is 28.4. The zero-order valence-corrected chi connectivity index (χ0v) is 45.3. The van der Waals surface area contributed by atoms with Gasteiger partial charge in [-0.1, -0.05) is 91.0 Å². The second-order valence-corrected chi connectivity index (χ2v) is 21.6. The number of hydrogen-bond acceptors (Lipinski definition) is 7. The van der Waals surface area contributed by atoms with Gasteiger partial charge in [0.25, 0.3) is 0 Å². The molecule has 6 aromatic heterocycles. The lowest BCUT2D eigenvalue weighted by Crippen LogP contribution is -2.10. The van der Waals surface area contributed by atoms with Crippen molar-refractivity contribution in [3.8, 4) is 51.4 Å². The number of hydrogen-bond donors (Lipinski definition) is 0. The van der Waals surface area contributed by atoms with Crippen molar-refractivity contribution in [3.05, 3.63) is 273 Å². The average Bonchev–Trinajstić information content (AvgIpc) is 3.20. The number of fused-ring (bicyclic) bond motifs is 12. The first kappa shape index (κ1) is 46.9. The predicted octanol–water partition coefficient (Wildman–Crippen LogP) is 19.9. The molecule has 10 heteroatoms. The minimum atomic E-state index is 0.600. The van der Waals surface area contributed by atoms with E-state index in [1.54, 1.807) is 0 Å². The number of nitrogens with zero attached hydrogens (tertiary/aromatic N) is 7. The lowest BCUT2D eigenvalue weighted by atomic mass is 10.1. The topological polar surface area (TPSA) is 96.1 Å². The summed E-state index contributed by atoms with van der Waals surface area (Å²) in [6.07, 6.45) is 0. The Bertz CT molecular complexity index is 5020. The summed E-state index contributed by atoms with van der Waals surface area (Å²) in [6.45, 7) is 0. The van der Waals surface area contributed by atoms with Gasteiger partial charge in [-0.3, -0.25) is 0 Å². The second-order valence-electron chi connectivity index (χ2n) is 21.6. The van der Waals surface area contributed by atoms with Crippen LogP contribution < -0.4 is 4.90 Å². The molecule has 6 heterocycles. The first-order valence-electron chi connectivity index (χ1n) is 28.4. The molecule has 0 aliphatic rings. The molecular weight excluding hydrogens is 1050 g/mol. The molecular formula is C75H45N7O3. The van der Waals surface area contributed by atoms with Crippen LogP contribution in [0, 0.1) is 0 Å². The number of para-hydroxylation sites is 9. The van der Waals surface area contributed by atoms with E-state index >= 15 is 0 Å². The summed E-state index contributed by atoms with van der Waals surface area (Å²) in [4.78, 5) is 16.8. The maximum atomic E-state index is 6.18. The summed E-state index contributed by atoms with van der Waals surface area (Å²) in [5, 5.41) is 6.88. The van der Waals surface area contributed by atoms with E-state index in [-0.39, 0.29) is 0 Å². The summed E-state index contributed by atoms with van der Waals surface area (Å²) in [6, 6.07) is 96.0. The molecule has 0 N–H and O–H groups in total. The van der Waals surface area contributed by atoms with Crippen LogP contribution in [-0.4, -0.2) is 28.7 Å². The fraction of sp³-hybridized carbons (Fsp3) is 0. The molecule has 0 bridgehead atoms. The Balaban J connectivity index is 0.796. The minimum Gasteiger partial charge on any atom is -0.436 e. The van der Waals surface area contributed by atoms with Crippen molar-refractivity contribution in [2.24, 2.45) is 0 Å². The van der Waals surface area contributed by atoms with Crippen LogP contribution in [0.5, 0.6) is 0 Å². The molecule has 0 fully saturated rings. The molecule has 0 aliphatic carbocycles. The third-order valence-corrected chi connectivity index (χ3v) is 16.7. The average molecular weight is 1090 g/mol. The lowest BCUT2D eigenvalue weighted by Gasteiger charge is -2.26. The third-order valence-electron chi connectivity index (χ3n) is 16.7. The predicted molar refractivity (Wildman–Crippen MR) is 343 cm³/mol. The van der Waals surface area contributed by atoms with E-state index in [0.717, 1.165) is 150 Å². The van der Waals surface area contributed by atoms with Crippen molar-refractivity contribution in [3.63, 3.8) is 0 Å². The molecule has 85 heavy (non-hydrogen) atoms. The van der Waals surface area contributed by atoms with Crippen LogP contribution in [-0.2, 0) is 0 Å². The Morgan fingerprint density at radius 3 is 0.824 bits per heavy atom. The molecule has 12 aromatic carbocycles. The quantitative estimate of drug-likeness (QED) is 0.142. The SMILES string of the molecule is c1ccc2oc(-c3ccc(-n4c5ccccc5c5cc(N(c6ccc7c(c6)c6ccccc6n7-c6ccc(-c7nc8ccccc8o7)cc6)c6ccc7c(c6)c6ccccc6n7-c6ccc(-c7nc8ccccc8o7)cc6)ccc54)cc3)nc2c1. The van der Waals surface area contributed by atoms with Crippen molar-refractivity contribution in [1.82, 2.24) is 28.7 Å². The van der Waals surface area contributed by atoms with Crippen LogP contribution in [0.15, 0.2) is 286 Å². The van der Waals surface area contributed by atoms with E-state index in [9.17, 15) is 0 Å². The van der Waals surface area contributed by atoms with E-state index in [4.69, 9.17) is 28.2 Å². The van der Waals surface area contributed by atoms with Crippen molar-refractivity contribution < 1.29 is 13.3 Å². The molecule has 0 amide bonds. The van der Waals surface area contributed by atoms with Gasteiger partial charge >= 0.3 is 0 Å². The van der Waals surface area contributed by atoms with Gasteiger partial charge in [-0.05, 0) is 182 Å². The molecule has 0 atom stereocenters. The monoisotopic (exact) mass is 1090 g/mol. The molecule has 18 rings (SSSR count). The molecule has 0 radical (unpaired) electrons. The highest BCUT2D eigenvalue weighted by Gasteiger charge is 2.23. The zero-order chi connectivity index (χ0) is 55.7. The molecule has 0 saturated carbocycles. The van der Waals surface area contributed by atoms with Crippen molar-refractivity contribution in [2.75, 3.05) is 4.90 Å². The Morgan fingerprint density at radius 1 is 0.247 bits per heavy atom. The smallest absolute Gasteiger partial charge is 0.227 e. The van der Waals surface area contributed by atoms with Gasteiger partial charge < -0.3 is 31.9 Å². The third kappa shape index (κ3) is 7.42. The highest BCUT2D eigenvalue weighted by atomic mass is 16.4. The fourth-order valence-corrected chi connectivity index (χ4v) is 12.8. The normalized spacial score (nSPS) is 12.0. The van der Waals surface area contributed by atoms with E-state index in [2.05, 4.69) is 219 Å².